The highest BCUT2D eigenvalue weighted by Crippen LogP contribution is 2.26. The number of anilines is 1. The van der Waals surface area contributed by atoms with Crippen LogP contribution in [-0.2, 0) is 6.54 Å². The zero-order chi connectivity index (χ0) is 11.5. The third-order valence-electron chi connectivity index (χ3n) is 2.64. The quantitative estimate of drug-likeness (QED) is 0.855. The van der Waals surface area contributed by atoms with E-state index in [2.05, 4.69) is 31.1 Å². The van der Waals surface area contributed by atoms with Crippen LogP contribution < -0.4 is 5.73 Å². The van der Waals surface area contributed by atoms with Crippen molar-refractivity contribution in [3.8, 4) is 11.3 Å². The number of benzene rings is 1. The molecule has 2 aromatic rings. The molecule has 1 aromatic heterocycles. The molecule has 1 heterocycles. The normalized spacial score (nSPS) is 10.6. The van der Waals surface area contributed by atoms with E-state index in [1.807, 2.05) is 23.0 Å². The second kappa shape index (κ2) is 4.39. The van der Waals surface area contributed by atoms with Gasteiger partial charge in [-0.25, -0.2) is 0 Å². The van der Waals surface area contributed by atoms with Crippen molar-refractivity contribution in [2.45, 2.75) is 26.8 Å². The lowest BCUT2D eigenvalue weighted by atomic mass is 10.1. The fourth-order valence-corrected chi connectivity index (χ4v) is 1.83. The molecule has 84 valence electrons. The Kier molecular flexibility index (Phi) is 2.95. The Hall–Kier alpha value is -1.77. The van der Waals surface area contributed by atoms with Gasteiger partial charge in [0.15, 0.2) is 0 Å². The van der Waals surface area contributed by atoms with Crippen molar-refractivity contribution in [3.63, 3.8) is 0 Å². The maximum atomic E-state index is 5.99. The van der Waals surface area contributed by atoms with Crippen LogP contribution in [-0.4, -0.2) is 9.78 Å². The second-order valence-electron chi connectivity index (χ2n) is 4.01. The molecule has 0 amide bonds. The maximum absolute atomic E-state index is 5.99. The Morgan fingerprint density at radius 2 is 2.06 bits per heavy atom. The zero-order valence-electron chi connectivity index (χ0n) is 9.77. The van der Waals surface area contributed by atoms with Gasteiger partial charge in [0.1, 0.15) is 5.69 Å². The summed E-state index contributed by atoms with van der Waals surface area (Å²) in [6, 6.07) is 8.18. The van der Waals surface area contributed by atoms with Gasteiger partial charge in [-0.3, -0.25) is 4.68 Å². The Morgan fingerprint density at radius 1 is 1.31 bits per heavy atom. The van der Waals surface area contributed by atoms with E-state index in [0.717, 1.165) is 29.9 Å². The van der Waals surface area contributed by atoms with Crippen molar-refractivity contribution in [2.75, 3.05) is 5.73 Å². The van der Waals surface area contributed by atoms with Crippen LogP contribution >= 0.6 is 0 Å². The summed E-state index contributed by atoms with van der Waals surface area (Å²) in [7, 11) is 0. The number of aromatic nitrogens is 2. The Labute approximate surface area is 95.9 Å². The minimum atomic E-state index is 0.753. The van der Waals surface area contributed by atoms with Crippen LogP contribution in [0.15, 0.2) is 30.5 Å². The molecule has 1 aromatic carbocycles. The molecule has 0 aliphatic heterocycles. The third-order valence-corrected chi connectivity index (χ3v) is 2.64. The molecule has 3 heteroatoms. The van der Waals surface area contributed by atoms with Gasteiger partial charge in [0.25, 0.3) is 0 Å². The molecule has 16 heavy (non-hydrogen) atoms. The van der Waals surface area contributed by atoms with E-state index in [-0.39, 0.29) is 0 Å². The predicted molar refractivity (Wildman–Crippen MR) is 67.1 cm³/mol. The van der Waals surface area contributed by atoms with Crippen LogP contribution in [0.4, 0.5) is 5.69 Å². The van der Waals surface area contributed by atoms with Gasteiger partial charge in [-0.15, -0.1) is 0 Å². The van der Waals surface area contributed by atoms with Gasteiger partial charge >= 0.3 is 0 Å². The largest absolute Gasteiger partial charge is 0.396 e. The summed E-state index contributed by atoms with van der Waals surface area (Å²) < 4.78 is 1.91. The lowest BCUT2D eigenvalue weighted by Crippen LogP contribution is -1.97. The SMILES string of the molecule is CCCn1cc(N)c(-c2ccccc2C)n1. The Bertz CT molecular complexity index is 486. The highest BCUT2D eigenvalue weighted by Gasteiger charge is 2.09. The highest BCUT2D eigenvalue weighted by molar-refractivity contribution is 5.74. The minimum absolute atomic E-state index is 0.753. The number of nitrogens with zero attached hydrogens (tertiary/aromatic N) is 2. The van der Waals surface area contributed by atoms with Crippen molar-refractivity contribution in [1.29, 1.82) is 0 Å². The third kappa shape index (κ3) is 1.94. The molecule has 0 spiro atoms. The van der Waals surface area contributed by atoms with E-state index in [4.69, 9.17) is 5.73 Å². The summed E-state index contributed by atoms with van der Waals surface area (Å²) in [6.45, 7) is 5.12. The monoisotopic (exact) mass is 215 g/mol. The molecule has 0 fully saturated rings. The molecule has 0 atom stereocenters. The van der Waals surface area contributed by atoms with Crippen LogP contribution in [0, 0.1) is 6.92 Å². The standard InChI is InChI=1S/C13H17N3/c1-3-8-16-9-12(14)13(15-16)11-7-5-4-6-10(11)2/h4-7,9H,3,8,14H2,1-2H3. The van der Waals surface area contributed by atoms with Gasteiger partial charge in [-0.05, 0) is 18.9 Å². The average Bonchev–Trinajstić information content (AvgIpc) is 2.61. The molecule has 0 saturated carbocycles. The van der Waals surface area contributed by atoms with Crippen molar-refractivity contribution in [3.05, 3.63) is 36.0 Å². The fraction of sp³-hybridized carbons (Fsp3) is 0.308. The number of hydrogen-bond donors (Lipinski definition) is 1. The molecule has 0 saturated heterocycles. The topological polar surface area (TPSA) is 43.8 Å². The lowest BCUT2D eigenvalue weighted by Gasteiger charge is -2.02. The summed E-state index contributed by atoms with van der Waals surface area (Å²) in [4.78, 5) is 0. The maximum Gasteiger partial charge on any atom is 0.115 e. The number of rotatable bonds is 3. The number of nitrogen functional groups attached to an aromatic ring is 1. The molecular weight excluding hydrogens is 198 g/mol. The average molecular weight is 215 g/mol. The minimum Gasteiger partial charge on any atom is -0.396 e. The number of hydrogen-bond acceptors (Lipinski definition) is 2. The van der Waals surface area contributed by atoms with Gasteiger partial charge in [0.05, 0.1) is 5.69 Å². The second-order valence-corrected chi connectivity index (χ2v) is 4.01. The summed E-state index contributed by atoms with van der Waals surface area (Å²) in [5.74, 6) is 0. The van der Waals surface area contributed by atoms with E-state index in [1.54, 1.807) is 0 Å². The first-order chi connectivity index (χ1) is 7.72. The smallest absolute Gasteiger partial charge is 0.115 e. The molecule has 3 nitrogen and oxygen atoms in total. The highest BCUT2D eigenvalue weighted by atomic mass is 15.3. The summed E-state index contributed by atoms with van der Waals surface area (Å²) in [5.41, 5.74) is 9.96. The molecule has 0 unspecified atom stereocenters. The van der Waals surface area contributed by atoms with E-state index in [9.17, 15) is 0 Å². The van der Waals surface area contributed by atoms with Gasteiger partial charge in [-0.1, -0.05) is 31.2 Å². The van der Waals surface area contributed by atoms with Crippen LogP contribution in [0.5, 0.6) is 0 Å². The van der Waals surface area contributed by atoms with Crippen LogP contribution in [0.3, 0.4) is 0 Å². The van der Waals surface area contributed by atoms with Crippen molar-refractivity contribution in [2.24, 2.45) is 0 Å². The van der Waals surface area contributed by atoms with E-state index in [0.29, 0.717) is 0 Å². The number of aryl methyl sites for hydroxylation is 2. The molecule has 0 aliphatic carbocycles. The molecular formula is C13H17N3. The van der Waals surface area contributed by atoms with Crippen molar-refractivity contribution < 1.29 is 0 Å². The predicted octanol–water partition coefficient (Wildman–Crippen LogP) is 2.85. The summed E-state index contributed by atoms with van der Waals surface area (Å²) in [6.07, 6.45) is 2.97. The van der Waals surface area contributed by atoms with Crippen LogP contribution in [0.2, 0.25) is 0 Å². The Balaban J connectivity index is 2.44. The summed E-state index contributed by atoms with van der Waals surface area (Å²) >= 11 is 0. The lowest BCUT2D eigenvalue weighted by molar-refractivity contribution is 0.604. The number of nitrogens with two attached hydrogens (primary N) is 1. The molecule has 2 N–H and O–H groups in total. The molecule has 0 aliphatic rings. The van der Waals surface area contributed by atoms with E-state index in [1.165, 1.54) is 5.56 Å². The van der Waals surface area contributed by atoms with Gasteiger partial charge in [-0.2, -0.15) is 5.10 Å². The van der Waals surface area contributed by atoms with Gasteiger partial charge in [0, 0.05) is 18.3 Å². The van der Waals surface area contributed by atoms with E-state index >= 15 is 0 Å². The first-order valence-electron chi connectivity index (χ1n) is 5.61. The molecule has 0 radical (unpaired) electrons. The molecule has 2 rings (SSSR count). The van der Waals surface area contributed by atoms with E-state index < -0.39 is 0 Å². The molecule has 0 bridgehead atoms. The zero-order valence-corrected chi connectivity index (χ0v) is 9.77. The van der Waals surface area contributed by atoms with Gasteiger partial charge < -0.3 is 5.73 Å². The van der Waals surface area contributed by atoms with Crippen molar-refractivity contribution >= 4 is 5.69 Å². The van der Waals surface area contributed by atoms with Gasteiger partial charge in [0.2, 0.25) is 0 Å². The van der Waals surface area contributed by atoms with Crippen LogP contribution in [0.25, 0.3) is 11.3 Å². The Morgan fingerprint density at radius 3 is 2.75 bits per heavy atom. The van der Waals surface area contributed by atoms with Crippen molar-refractivity contribution in [1.82, 2.24) is 9.78 Å². The fourth-order valence-electron chi connectivity index (χ4n) is 1.83. The summed E-state index contributed by atoms with van der Waals surface area (Å²) in [5, 5.41) is 4.52. The van der Waals surface area contributed by atoms with Crippen LogP contribution in [0.1, 0.15) is 18.9 Å². The first-order valence-corrected chi connectivity index (χ1v) is 5.61. The first kappa shape index (κ1) is 10.7.